The van der Waals surface area contributed by atoms with Crippen molar-refractivity contribution in [3.05, 3.63) is 30.1 Å². The average molecular weight is 202 g/mol. The van der Waals surface area contributed by atoms with Crippen LogP contribution in [0.3, 0.4) is 0 Å². The lowest BCUT2D eigenvalue weighted by Gasteiger charge is -2.20. The number of nitrogens with one attached hydrogen (secondary N) is 1. The van der Waals surface area contributed by atoms with Crippen LogP contribution in [-0.2, 0) is 5.41 Å². The van der Waals surface area contributed by atoms with Crippen LogP contribution in [-0.4, -0.2) is 9.97 Å². The molecule has 0 saturated heterocycles. The molecule has 2 nitrogen and oxygen atoms in total. The minimum Gasteiger partial charge on any atom is -0.342 e. The van der Waals surface area contributed by atoms with E-state index in [2.05, 4.69) is 42.9 Å². The molecule has 0 fully saturated rings. The highest BCUT2D eigenvalue weighted by molar-refractivity contribution is 5.74. The monoisotopic (exact) mass is 202 g/mol. The first-order valence-corrected chi connectivity index (χ1v) is 5.59. The Kier molecular flexibility index (Phi) is 2.51. The van der Waals surface area contributed by atoms with Crippen LogP contribution in [0.25, 0.3) is 11.0 Å². The summed E-state index contributed by atoms with van der Waals surface area (Å²) < 4.78 is 0. The molecule has 0 unspecified atom stereocenters. The first-order chi connectivity index (χ1) is 7.13. The zero-order chi connectivity index (χ0) is 10.9. The van der Waals surface area contributed by atoms with Crippen LogP contribution >= 0.6 is 0 Å². The molecule has 2 aromatic rings. The molecule has 1 aromatic heterocycles. The summed E-state index contributed by atoms with van der Waals surface area (Å²) in [7, 11) is 0. The molecule has 0 amide bonds. The van der Waals surface area contributed by atoms with Gasteiger partial charge in [-0.3, -0.25) is 0 Å². The molecular formula is C13H18N2. The maximum Gasteiger partial charge on any atom is 0.112 e. The molecule has 80 valence electrons. The first kappa shape index (κ1) is 10.2. The number of benzene rings is 1. The number of hydrogen-bond donors (Lipinski definition) is 1. The third kappa shape index (κ3) is 1.89. The predicted molar refractivity (Wildman–Crippen MR) is 64.0 cm³/mol. The van der Waals surface area contributed by atoms with E-state index in [4.69, 9.17) is 0 Å². The Morgan fingerprint density at radius 3 is 2.67 bits per heavy atom. The molecule has 2 rings (SSSR count). The molecule has 0 saturated carbocycles. The van der Waals surface area contributed by atoms with Crippen LogP contribution in [0.2, 0.25) is 0 Å². The number of rotatable bonds is 3. The van der Waals surface area contributed by atoms with E-state index in [-0.39, 0.29) is 5.41 Å². The number of aromatic amines is 1. The zero-order valence-electron chi connectivity index (χ0n) is 9.67. The molecule has 0 aliphatic carbocycles. The molecule has 1 heterocycles. The fourth-order valence-corrected chi connectivity index (χ4v) is 2.02. The van der Waals surface area contributed by atoms with E-state index < -0.39 is 0 Å². The zero-order valence-corrected chi connectivity index (χ0v) is 9.67. The molecule has 0 spiro atoms. The van der Waals surface area contributed by atoms with Crippen LogP contribution in [0, 0.1) is 0 Å². The number of imidazole rings is 1. The van der Waals surface area contributed by atoms with Crippen molar-refractivity contribution < 1.29 is 0 Å². The fourth-order valence-electron chi connectivity index (χ4n) is 2.02. The van der Waals surface area contributed by atoms with E-state index in [1.54, 1.807) is 0 Å². The Labute approximate surface area is 90.7 Å². The number of H-pyrrole nitrogens is 1. The summed E-state index contributed by atoms with van der Waals surface area (Å²) in [4.78, 5) is 8.06. The van der Waals surface area contributed by atoms with Gasteiger partial charge < -0.3 is 4.98 Å². The number of nitrogens with zero attached hydrogens (tertiary/aromatic N) is 1. The molecule has 0 aliphatic heterocycles. The fraction of sp³-hybridized carbons (Fsp3) is 0.462. The van der Waals surface area contributed by atoms with Gasteiger partial charge in [0.25, 0.3) is 0 Å². The van der Waals surface area contributed by atoms with Gasteiger partial charge in [-0.2, -0.15) is 0 Å². The van der Waals surface area contributed by atoms with Crippen LogP contribution < -0.4 is 0 Å². The standard InChI is InChI=1S/C13H18N2/c1-4-9-13(2,3)12-14-10-7-5-6-8-11(10)15-12/h5-8H,4,9H2,1-3H3,(H,14,15). The molecule has 1 aromatic carbocycles. The van der Waals surface area contributed by atoms with Gasteiger partial charge in [0.15, 0.2) is 0 Å². The number of aromatic nitrogens is 2. The third-order valence-electron chi connectivity index (χ3n) is 2.91. The van der Waals surface area contributed by atoms with E-state index >= 15 is 0 Å². The van der Waals surface area contributed by atoms with E-state index in [0.717, 1.165) is 23.3 Å². The van der Waals surface area contributed by atoms with Crippen molar-refractivity contribution in [3.63, 3.8) is 0 Å². The normalized spacial score (nSPS) is 12.2. The quantitative estimate of drug-likeness (QED) is 0.808. The van der Waals surface area contributed by atoms with Gasteiger partial charge in [0.2, 0.25) is 0 Å². The van der Waals surface area contributed by atoms with E-state index in [0.29, 0.717) is 0 Å². The van der Waals surface area contributed by atoms with Crippen LogP contribution in [0.5, 0.6) is 0 Å². The van der Waals surface area contributed by atoms with Gasteiger partial charge in [0.05, 0.1) is 11.0 Å². The summed E-state index contributed by atoms with van der Waals surface area (Å²) in [6.07, 6.45) is 2.34. The highest BCUT2D eigenvalue weighted by Gasteiger charge is 2.22. The van der Waals surface area contributed by atoms with Crippen LogP contribution in [0.15, 0.2) is 24.3 Å². The molecular weight excluding hydrogens is 184 g/mol. The van der Waals surface area contributed by atoms with Crippen molar-refractivity contribution in [3.8, 4) is 0 Å². The summed E-state index contributed by atoms with van der Waals surface area (Å²) in [5.74, 6) is 1.10. The Bertz CT molecular complexity index is 421. The van der Waals surface area contributed by atoms with Gasteiger partial charge in [0, 0.05) is 5.41 Å². The second-order valence-electron chi connectivity index (χ2n) is 4.74. The molecule has 15 heavy (non-hydrogen) atoms. The minimum absolute atomic E-state index is 0.147. The summed E-state index contributed by atoms with van der Waals surface area (Å²) in [5.41, 5.74) is 2.35. The van der Waals surface area contributed by atoms with Crippen LogP contribution in [0.1, 0.15) is 39.4 Å². The summed E-state index contributed by atoms with van der Waals surface area (Å²) in [6.45, 7) is 6.70. The summed E-state index contributed by atoms with van der Waals surface area (Å²) in [5, 5.41) is 0. The van der Waals surface area contributed by atoms with Gasteiger partial charge in [-0.25, -0.2) is 4.98 Å². The van der Waals surface area contributed by atoms with Crippen molar-refractivity contribution in [2.75, 3.05) is 0 Å². The first-order valence-electron chi connectivity index (χ1n) is 5.59. The topological polar surface area (TPSA) is 28.7 Å². The van der Waals surface area contributed by atoms with Gasteiger partial charge in [0.1, 0.15) is 5.82 Å². The molecule has 0 aliphatic rings. The van der Waals surface area contributed by atoms with Gasteiger partial charge in [-0.05, 0) is 18.6 Å². The summed E-state index contributed by atoms with van der Waals surface area (Å²) >= 11 is 0. The predicted octanol–water partition coefficient (Wildman–Crippen LogP) is 3.64. The van der Waals surface area contributed by atoms with Crippen molar-refractivity contribution in [1.29, 1.82) is 0 Å². The number of fused-ring (bicyclic) bond motifs is 1. The van der Waals surface area contributed by atoms with E-state index in [1.807, 2.05) is 12.1 Å². The molecule has 0 bridgehead atoms. The van der Waals surface area contributed by atoms with E-state index in [9.17, 15) is 0 Å². The Balaban J connectivity index is 2.44. The molecule has 2 heteroatoms. The molecule has 0 radical (unpaired) electrons. The van der Waals surface area contributed by atoms with Gasteiger partial charge in [-0.15, -0.1) is 0 Å². The Morgan fingerprint density at radius 2 is 2.00 bits per heavy atom. The lowest BCUT2D eigenvalue weighted by atomic mass is 9.87. The van der Waals surface area contributed by atoms with E-state index in [1.165, 1.54) is 6.42 Å². The SMILES string of the molecule is CCCC(C)(C)c1nc2ccccc2[nH]1. The molecule has 0 atom stereocenters. The largest absolute Gasteiger partial charge is 0.342 e. The Hall–Kier alpha value is -1.31. The smallest absolute Gasteiger partial charge is 0.112 e. The van der Waals surface area contributed by atoms with Crippen molar-refractivity contribution in [1.82, 2.24) is 9.97 Å². The highest BCUT2D eigenvalue weighted by atomic mass is 14.9. The molecule has 1 N–H and O–H groups in total. The second kappa shape index (κ2) is 3.69. The van der Waals surface area contributed by atoms with Gasteiger partial charge >= 0.3 is 0 Å². The van der Waals surface area contributed by atoms with Crippen molar-refractivity contribution in [2.45, 2.75) is 39.0 Å². The third-order valence-corrected chi connectivity index (χ3v) is 2.91. The lowest BCUT2D eigenvalue weighted by Crippen LogP contribution is -2.18. The average Bonchev–Trinajstić information content (AvgIpc) is 2.61. The summed E-state index contributed by atoms with van der Waals surface area (Å²) in [6, 6.07) is 8.20. The van der Waals surface area contributed by atoms with Crippen molar-refractivity contribution in [2.24, 2.45) is 0 Å². The number of hydrogen-bond acceptors (Lipinski definition) is 1. The second-order valence-corrected chi connectivity index (χ2v) is 4.74. The van der Waals surface area contributed by atoms with Crippen molar-refractivity contribution >= 4 is 11.0 Å². The maximum absolute atomic E-state index is 4.65. The lowest BCUT2D eigenvalue weighted by molar-refractivity contribution is 0.450. The highest BCUT2D eigenvalue weighted by Crippen LogP contribution is 2.27. The van der Waals surface area contributed by atoms with Gasteiger partial charge in [-0.1, -0.05) is 39.3 Å². The minimum atomic E-state index is 0.147. The Morgan fingerprint density at radius 1 is 1.27 bits per heavy atom. The number of para-hydroxylation sites is 2. The van der Waals surface area contributed by atoms with Crippen LogP contribution in [0.4, 0.5) is 0 Å². The maximum atomic E-state index is 4.65.